The third-order valence-electron chi connectivity index (χ3n) is 2.99. The largest absolute Gasteiger partial charge is 0.349 e. The summed E-state index contributed by atoms with van der Waals surface area (Å²) >= 11 is 0. The summed E-state index contributed by atoms with van der Waals surface area (Å²) in [6, 6.07) is 2.18. The molecular formula is C12H14N4O. The van der Waals surface area contributed by atoms with Gasteiger partial charge in [0.25, 0.3) is 5.91 Å². The van der Waals surface area contributed by atoms with Crippen LogP contribution in [0.1, 0.15) is 34.6 Å². The zero-order valence-electron chi connectivity index (χ0n) is 9.87. The Morgan fingerprint density at radius 3 is 2.94 bits per heavy atom. The van der Waals surface area contributed by atoms with Crippen molar-refractivity contribution in [2.75, 3.05) is 0 Å². The highest BCUT2D eigenvalue weighted by Crippen LogP contribution is 2.23. The van der Waals surface area contributed by atoms with Crippen LogP contribution < -0.4 is 5.32 Å². The van der Waals surface area contributed by atoms with Crippen LogP contribution in [0.25, 0.3) is 11.0 Å². The molecule has 0 unspecified atom stereocenters. The summed E-state index contributed by atoms with van der Waals surface area (Å²) in [6.45, 7) is 3.78. The van der Waals surface area contributed by atoms with Gasteiger partial charge in [0.1, 0.15) is 0 Å². The van der Waals surface area contributed by atoms with Gasteiger partial charge in [-0.2, -0.15) is 5.10 Å². The Hall–Kier alpha value is -1.91. The molecular weight excluding hydrogens is 216 g/mol. The number of fused-ring (bicyclic) bond motifs is 1. The number of aromatic amines is 1. The molecule has 0 spiro atoms. The molecule has 17 heavy (non-hydrogen) atoms. The number of nitrogens with one attached hydrogen (secondary N) is 2. The molecule has 1 fully saturated rings. The van der Waals surface area contributed by atoms with E-state index in [2.05, 4.69) is 20.5 Å². The van der Waals surface area contributed by atoms with Gasteiger partial charge in [0, 0.05) is 17.4 Å². The van der Waals surface area contributed by atoms with Crippen LogP contribution in [0.3, 0.4) is 0 Å². The van der Waals surface area contributed by atoms with E-state index in [0.29, 0.717) is 17.3 Å². The summed E-state index contributed by atoms with van der Waals surface area (Å²) in [7, 11) is 0. The molecule has 0 atom stereocenters. The van der Waals surface area contributed by atoms with Crippen LogP contribution in [0.5, 0.6) is 0 Å². The van der Waals surface area contributed by atoms with Gasteiger partial charge in [-0.05, 0) is 32.8 Å². The summed E-state index contributed by atoms with van der Waals surface area (Å²) < 4.78 is 0. The van der Waals surface area contributed by atoms with Gasteiger partial charge in [0.15, 0.2) is 5.65 Å². The van der Waals surface area contributed by atoms with Crippen LogP contribution in [-0.4, -0.2) is 27.1 Å². The molecule has 0 radical (unpaired) electrons. The highest BCUT2D eigenvalue weighted by Gasteiger charge is 2.25. The maximum atomic E-state index is 12.1. The third kappa shape index (κ3) is 1.77. The highest BCUT2D eigenvalue weighted by molar-refractivity contribution is 6.06. The second-order valence-electron chi connectivity index (χ2n) is 4.61. The molecule has 2 heterocycles. The predicted molar refractivity (Wildman–Crippen MR) is 63.9 cm³/mol. The van der Waals surface area contributed by atoms with Gasteiger partial charge in [-0.3, -0.25) is 9.89 Å². The number of aryl methyl sites for hydroxylation is 2. The van der Waals surface area contributed by atoms with E-state index in [-0.39, 0.29) is 5.91 Å². The van der Waals surface area contributed by atoms with E-state index in [1.165, 1.54) is 0 Å². The summed E-state index contributed by atoms with van der Waals surface area (Å²) in [5, 5.41) is 10.8. The number of hydrogen-bond donors (Lipinski definition) is 2. The van der Waals surface area contributed by atoms with Gasteiger partial charge >= 0.3 is 0 Å². The van der Waals surface area contributed by atoms with Gasteiger partial charge in [-0.1, -0.05) is 0 Å². The van der Waals surface area contributed by atoms with Gasteiger partial charge in [-0.15, -0.1) is 0 Å². The molecule has 2 aromatic heterocycles. The third-order valence-corrected chi connectivity index (χ3v) is 2.99. The maximum Gasteiger partial charge on any atom is 0.252 e. The molecule has 1 aliphatic rings. The molecule has 0 aliphatic heterocycles. The Kier molecular flexibility index (Phi) is 2.14. The zero-order valence-corrected chi connectivity index (χ0v) is 9.87. The molecule has 1 aliphatic carbocycles. The number of nitrogens with zero attached hydrogens (tertiary/aromatic N) is 2. The van der Waals surface area contributed by atoms with Crippen LogP contribution in [0, 0.1) is 13.8 Å². The van der Waals surface area contributed by atoms with Crippen LogP contribution in [0.4, 0.5) is 0 Å². The van der Waals surface area contributed by atoms with E-state index in [1.54, 1.807) is 0 Å². The first-order valence-electron chi connectivity index (χ1n) is 5.78. The number of amides is 1. The Balaban J connectivity index is 2.11. The van der Waals surface area contributed by atoms with E-state index in [1.807, 2.05) is 19.9 Å². The monoisotopic (exact) mass is 230 g/mol. The fraction of sp³-hybridized carbons (Fsp3) is 0.417. The van der Waals surface area contributed by atoms with Crippen molar-refractivity contribution < 1.29 is 4.79 Å². The fourth-order valence-electron chi connectivity index (χ4n) is 1.97. The molecule has 1 amide bonds. The van der Waals surface area contributed by atoms with Crippen molar-refractivity contribution in [2.45, 2.75) is 32.7 Å². The first-order chi connectivity index (χ1) is 8.15. The number of rotatable bonds is 2. The van der Waals surface area contributed by atoms with E-state index in [4.69, 9.17) is 0 Å². The molecule has 1 saturated carbocycles. The molecule has 88 valence electrons. The minimum Gasteiger partial charge on any atom is -0.349 e. The van der Waals surface area contributed by atoms with Gasteiger partial charge in [-0.25, -0.2) is 4.98 Å². The molecule has 0 bridgehead atoms. The SMILES string of the molecule is Cc1cc(C(=O)NC2CC2)c2c(C)[nH]nc2n1. The molecule has 2 aromatic rings. The fourth-order valence-corrected chi connectivity index (χ4v) is 1.97. The smallest absolute Gasteiger partial charge is 0.252 e. The Morgan fingerprint density at radius 1 is 1.47 bits per heavy atom. The van der Waals surface area contributed by atoms with E-state index in [0.717, 1.165) is 29.6 Å². The molecule has 2 N–H and O–H groups in total. The highest BCUT2D eigenvalue weighted by atomic mass is 16.1. The van der Waals surface area contributed by atoms with Crippen LogP contribution in [0.2, 0.25) is 0 Å². The number of hydrogen-bond acceptors (Lipinski definition) is 3. The Morgan fingerprint density at radius 2 is 2.24 bits per heavy atom. The van der Waals surface area contributed by atoms with E-state index >= 15 is 0 Å². The predicted octanol–water partition coefficient (Wildman–Crippen LogP) is 1.47. The van der Waals surface area contributed by atoms with Crippen molar-refractivity contribution >= 4 is 16.9 Å². The standard InChI is InChI=1S/C12H14N4O/c1-6-5-9(12(17)14-8-3-4-8)10-7(2)15-16-11(10)13-6/h5,8H,3-4H2,1-2H3,(H,14,17)(H,13,15,16). The van der Waals surface area contributed by atoms with Gasteiger partial charge in [0.2, 0.25) is 0 Å². The first kappa shape index (κ1) is 10.3. The topological polar surface area (TPSA) is 70.7 Å². The summed E-state index contributed by atoms with van der Waals surface area (Å²) in [5.41, 5.74) is 2.98. The first-order valence-corrected chi connectivity index (χ1v) is 5.78. The zero-order chi connectivity index (χ0) is 12.0. The van der Waals surface area contributed by atoms with E-state index < -0.39 is 0 Å². The second kappa shape index (κ2) is 3.55. The number of H-pyrrole nitrogens is 1. The Labute approximate surface area is 98.6 Å². The quantitative estimate of drug-likeness (QED) is 0.820. The normalized spacial score (nSPS) is 15.2. The lowest BCUT2D eigenvalue weighted by atomic mass is 10.1. The van der Waals surface area contributed by atoms with Crippen molar-refractivity contribution in [3.05, 3.63) is 23.0 Å². The van der Waals surface area contributed by atoms with Gasteiger partial charge < -0.3 is 5.32 Å². The van der Waals surface area contributed by atoms with Crippen molar-refractivity contribution in [1.29, 1.82) is 0 Å². The summed E-state index contributed by atoms with van der Waals surface area (Å²) in [5.74, 6) is -0.0208. The van der Waals surface area contributed by atoms with Crippen molar-refractivity contribution in [2.24, 2.45) is 0 Å². The van der Waals surface area contributed by atoms with Crippen molar-refractivity contribution in [3.63, 3.8) is 0 Å². The van der Waals surface area contributed by atoms with Crippen molar-refractivity contribution in [3.8, 4) is 0 Å². The average Bonchev–Trinajstić information content (AvgIpc) is 3.02. The van der Waals surface area contributed by atoms with Crippen molar-refractivity contribution in [1.82, 2.24) is 20.5 Å². The van der Waals surface area contributed by atoms with Crippen LogP contribution >= 0.6 is 0 Å². The minimum atomic E-state index is -0.0208. The summed E-state index contributed by atoms with van der Waals surface area (Å²) in [6.07, 6.45) is 2.17. The number of aromatic nitrogens is 3. The lowest BCUT2D eigenvalue weighted by molar-refractivity contribution is 0.0952. The maximum absolute atomic E-state index is 12.1. The van der Waals surface area contributed by atoms with Gasteiger partial charge in [0.05, 0.1) is 10.9 Å². The molecule has 0 aromatic carbocycles. The van der Waals surface area contributed by atoms with E-state index in [9.17, 15) is 4.79 Å². The number of carbonyl (C=O) groups excluding carboxylic acids is 1. The molecule has 0 saturated heterocycles. The minimum absolute atomic E-state index is 0.0208. The molecule has 5 heteroatoms. The number of pyridine rings is 1. The molecule has 3 rings (SSSR count). The van der Waals surface area contributed by atoms with Crippen LogP contribution in [-0.2, 0) is 0 Å². The molecule has 5 nitrogen and oxygen atoms in total. The number of carbonyl (C=O) groups is 1. The lowest BCUT2D eigenvalue weighted by Crippen LogP contribution is -2.25. The van der Waals surface area contributed by atoms with Crippen LogP contribution in [0.15, 0.2) is 6.07 Å². The summed E-state index contributed by atoms with van der Waals surface area (Å²) in [4.78, 5) is 16.4. The Bertz CT molecular complexity index is 598. The second-order valence-corrected chi connectivity index (χ2v) is 4.61. The lowest BCUT2D eigenvalue weighted by Gasteiger charge is -2.05. The average molecular weight is 230 g/mol.